The molecule has 1 aliphatic rings. The maximum Gasteiger partial charge on any atom is 0.161 e. The standard InChI is InChI=1S/C9H16O2S/c1-3-11-9(8(2)10)4-6-12-7-5-9/h3-7H2,1-2H3. The van der Waals surface area contributed by atoms with Crippen LogP contribution in [-0.2, 0) is 9.53 Å². The summed E-state index contributed by atoms with van der Waals surface area (Å²) in [6.07, 6.45) is 1.78. The molecule has 0 bridgehead atoms. The Bertz CT molecular complexity index is 156. The molecule has 0 saturated carbocycles. The number of Topliss-reactive ketones (excluding diaryl/α,β-unsaturated/α-hetero) is 1. The van der Waals surface area contributed by atoms with Gasteiger partial charge in [0.05, 0.1) is 0 Å². The van der Waals surface area contributed by atoms with Crippen LogP contribution in [0.4, 0.5) is 0 Å². The number of hydrogen-bond acceptors (Lipinski definition) is 3. The third-order valence-corrected chi connectivity index (χ3v) is 3.35. The van der Waals surface area contributed by atoms with Gasteiger partial charge in [0.2, 0.25) is 0 Å². The fraction of sp³-hybridized carbons (Fsp3) is 0.889. The Labute approximate surface area is 78.1 Å². The van der Waals surface area contributed by atoms with Crippen LogP contribution in [0.25, 0.3) is 0 Å². The van der Waals surface area contributed by atoms with Crippen LogP contribution in [0.15, 0.2) is 0 Å². The van der Waals surface area contributed by atoms with Crippen molar-refractivity contribution in [3.05, 3.63) is 0 Å². The molecule has 0 unspecified atom stereocenters. The molecule has 0 aromatic heterocycles. The van der Waals surface area contributed by atoms with E-state index in [4.69, 9.17) is 4.74 Å². The minimum absolute atomic E-state index is 0.199. The van der Waals surface area contributed by atoms with Gasteiger partial charge >= 0.3 is 0 Å². The van der Waals surface area contributed by atoms with E-state index >= 15 is 0 Å². The van der Waals surface area contributed by atoms with Gasteiger partial charge in [-0.05, 0) is 38.2 Å². The summed E-state index contributed by atoms with van der Waals surface area (Å²) >= 11 is 1.91. The van der Waals surface area contributed by atoms with Gasteiger partial charge in [0.25, 0.3) is 0 Å². The average Bonchev–Trinajstić information content (AvgIpc) is 2.06. The molecule has 0 spiro atoms. The van der Waals surface area contributed by atoms with Crippen LogP contribution in [-0.4, -0.2) is 29.5 Å². The predicted molar refractivity (Wildman–Crippen MR) is 51.6 cm³/mol. The highest BCUT2D eigenvalue weighted by Gasteiger charge is 2.37. The van der Waals surface area contributed by atoms with Gasteiger partial charge in [-0.2, -0.15) is 11.8 Å². The SMILES string of the molecule is CCOC1(C(C)=O)CCSCC1. The lowest BCUT2D eigenvalue weighted by Gasteiger charge is -2.34. The first kappa shape index (κ1) is 10.1. The highest BCUT2D eigenvalue weighted by Crippen LogP contribution is 2.31. The molecule has 0 aromatic rings. The monoisotopic (exact) mass is 188 g/mol. The summed E-state index contributed by atoms with van der Waals surface area (Å²) in [4.78, 5) is 11.4. The van der Waals surface area contributed by atoms with Crippen LogP contribution in [0.5, 0.6) is 0 Å². The maximum atomic E-state index is 11.4. The van der Waals surface area contributed by atoms with Gasteiger partial charge in [-0.25, -0.2) is 0 Å². The smallest absolute Gasteiger partial charge is 0.161 e. The van der Waals surface area contributed by atoms with Crippen molar-refractivity contribution >= 4 is 17.5 Å². The third kappa shape index (κ3) is 2.02. The van der Waals surface area contributed by atoms with Crippen LogP contribution < -0.4 is 0 Å². The Morgan fingerprint density at radius 2 is 2.08 bits per heavy atom. The van der Waals surface area contributed by atoms with E-state index in [1.165, 1.54) is 0 Å². The number of carbonyl (C=O) groups is 1. The fourth-order valence-electron chi connectivity index (χ4n) is 1.58. The second-order valence-corrected chi connectivity index (χ2v) is 4.32. The predicted octanol–water partition coefficient (Wildman–Crippen LogP) is 1.88. The van der Waals surface area contributed by atoms with E-state index in [1.54, 1.807) is 6.92 Å². The zero-order valence-corrected chi connectivity index (χ0v) is 8.58. The zero-order chi connectivity index (χ0) is 9.03. The lowest BCUT2D eigenvalue weighted by molar-refractivity contribution is -0.143. The Hall–Kier alpha value is -0.0200. The van der Waals surface area contributed by atoms with E-state index in [2.05, 4.69) is 0 Å². The van der Waals surface area contributed by atoms with Gasteiger partial charge in [-0.15, -0.1) is 0 Å². The Kier molecular flexibility index (Phi) is 3.59. The van der Waals surface area contributed by atoms with Gasteiger partial charge in [0.1, 0.15) is 5.60 Å². The molecule has 1 aliphatic heterocycles. The molecule has 0 radical (unpaired) electrons. The van der Waals surface area contributed by atoms with Crippen molar-refractivity contribution in [2.24, 2.45) is 0 Å². The van der Waals surface area contributed by atoms with Gasteiger partial charge in [0.15, 0.2) is 5.78 Å². The van der Waals surface area contributed by atoms with Crippen molar-refractivity contribution < 1.29 is 9.53 Å². The molecule has 0 N–H and O–H groups in total. The number of rotatable bonds is 3. The van der Waals surface area contributed by atoms with E-state index in [-0.39, 0.29) is 5.78 Å². The van der Waals surface area contributed by atoms with Crippen LogP contribution in [0, 0.1) is 0 Å². The Morgan fingerprint density at radius 1 is 1.50 bits per heavy atom. The third-order valence-electron chi connectivity index (χ3n) is 2.36. The molecule has 3 heteroatoms. The lowest BCUT2D eigenvalue weighted by atomic mass is 9.92. The second kappa shape index (κ2) is 4.28. The molecule has 1 heterocycles. The van der Waals surface area contributed by atoms with Gasteiger partial charge < -0.3 is 4.74 Å². The molecular formula is C9H16O2S. The largest absolute Gasteiger partial charge is 0.367 e. The van der Waals surface area contributed by atoms with Crippen molar-refractivity contribution in [2.45, 2.75) is 32.3 Å². The zero-order valence-electron chi connectivity index (χ0n) is 7.76. The Morgan fingerprint density at radius 3 is 2.50 bits per heavy atom. The summed E-state index contributed by atoms with van der Waals surface area (Å²) in [5, 5.41) is 0. The molecular weight excluding hydrogens is 172 g/mol. The second-order valence-electron chi connectivity index (χ2n) is 3.10. The summed E-state index contributed by atoms with van der Waals surface area (Å²) in [6, 6.07) is 0. The van der Waals surface area contributed by atoms with Crippen LogP contribution in [0.1, 0.15) is 26.7 Å². The number of thioether (sulfide) groups is 1. The molecule has 0 atom stereocenters. The maximum absolute atomic E-state index is 11.4. The molecule has 0 aliphatic carbocycles. The van der Waals surface area contributed by atoms with Gasteiger partial charge in [0, 0.05) is 6.61 Å². The van der Waals surface area contributed by atoms with Crippen LogP contribution in [0.3, 0.4) is 0 Å². The minimum atomic E-state index is -0.431. The number of ether oxygens (including phenoxy) is 1. The van der Waals surface area contributed by atoms with E-state index < -0.39 is 5.60 Å². The van der Waals surface area contributed by atoms with Crippen molar-refractivity contribution in [3.8, 4) is 0 Å². The molecule has 0 amide bonds. The fourth-order valence-corrected chi connectivity index (χ4v) is 2.73. The van der Waals surface area contributed by atoms with Crippen molar-refractivity contribution in [1.29, 1.82) is 0 Å². The van der Waals surface area contributed by atoms with Gasteiger partial charge in [-0.3, -0.25) is 4.79 Å². The van der Waals surface area contributed by atoms with Gasteiger partial charge in [-0.1, -0.05) is 0 Å². The summed E-state index contributed by atoms with van der Waals surface area (Å²) in [5.74, 6) is 2.31. The highest BCUT2D eigenvalue weighted by molar-refractivity contribution is 7.99. The summed E-state index contributed by atoms with van der Waals surface area (Å²) < 4.78 is 5.57. The summed E-state index contributed by atoms with van der Waals surface area (Å²) in [7, 11) is 0. The minimum Gasteiger partial charge on any atom is -0.367 e. The van der Waals surface area contributed by atoms with E-state index in [0.717, 1.165) is 24.3 Å². The van der Waals surface area contributed by atoms with E-state index in [1.807, 2.05) is 18.7 Å². The molecule has 70 valence electrons. The first-order valence-electron chi connectivity index (χ1n) is 4.44. The van der Waals surface area contributed by atoms with E-state index in [0.29, 0.717) is 6.61 Å². The number of hydrogen-bond donors (Lipinski definition) is 0. The van der Waals surface area contributed by atoms with Crippen molar-refractivity contribution in [3.63, 3.8) is 0 Å². The normalized spacial score (nSPS) is 22.2. The van der Waals surface area contributed by atoms with Crippen molar-refractivity contribution in [1.82, 2.24) is 0 Å². The molecule has 2 nitrogen and oxygen atoms in total. The molecule has 1 saturated heterocycles. The average molecular weight is 188 g/mol. The van der Waals surface area contributed by atoms with E-state index in [9.17, 15) is 4.79 Å². The lowest BCUT2D eigenvalue weighted by Crippen LogP contribution is -2.43. The highest BCUT2D eigenvalue weighted by atomic mass is 32.2. The molecule has 0 aromatic carbocycles. The summed E-state index contributed by atoms with van der Waals surface area (Å²) in [5.41, 5.74) is -0.431. The quantitative estimate of drug-likeness (QED) is 0.676. The molecule has 1 fully saturated rings. The summed E-state index contributed by atoms with van der Waals surface area (Å²) in [6.45, 7) is 4.24. The molecule has 1 rings (SSSR count). The number of ketones is 1. The first-order chi connectivity index (χ1) is 5.71. The van der Waals surface area contributed by atoms with Crippen LogP contribution >= 0.6 is 11.8 Å². The van der Waals surface area contributed by atoms with Crippen LogP contribution in [0.2, 0.25) is 0 Å². The number of carbonyl (C=O) groups excluding carboxylic acids is 1. The molecule has 12 heavy (non-hydrogen) atoms. The topological polar surface area (TPSA) is 26.3 Å². The first-order valence-corrected chi connectivity index (χ1v) is 5.59. The Balaban J connectivity index is 2.63. The van der Waals surface area contributed by atoms with Crippen molar-refractivity contribution in [2.75, 3.05) is 18.1 Å².